The van der Waals surface area contributed by atoms with E-state index >= 15 is 0 Å². The second-order valence-electron chi connectivity index (χ2n) is 9.21. The van der Waals surface area contributed by atoms with Crippen molar-refractivity contribution in [2.24, 2.45) is 5.92 Å². The summed E-state index contributed by atoms with van der Waals surface area (Å²) in [4.78, 5) is 39.5. The Balaban J connectivity index is 1.56. The molecule has 4 heterocycles. The van der Waals surface area contributed by atoms with Crippen LogP contribution < -0.4 is 10.2 Å². The zero-order valence-electron chi connectivity index (χ0n) is 18.7. The molecule has 2 aromatic heterocycles. The molecule has 5 rings (SSSR count). The molecule has 1 saturated carbocycles. The lowest BCUT2D eigenvalue weighted by atomic mass is 10.0. The summed E-state index contributed by atoms with van der Waals surface area (Å²) < 4.78 is 0. The first-order chi connectivity index (χ1) is 15.3. The van der Waals surface area contributed by atoms with Gasteiger partial charge in [-0.2, -0.15) is 0 Å². The van der Waals surface area contributed by atoms with Crippen LogP contribution in [0.5, 0.6) is 0 Å². The summed E-state index contributed by atoms with van der Waals surface area (Å²) in [5, 5.41) is 13.3. The minimum Gasteiger partial charge on any atom is -0.393 e. The molecule has 9 heteroatoms. The van der Waals surface area contributed by atoms with Crippen molar-refractivity contribution >= 4 is 34.1 Å². The molecule has 0 radical (unpaired) electrons. The van der Waals surface area contributed by atoms with E-state index in [4.69, 9.17) is 4.98 Å². The topological polar surface area (TPSA) is 98.7 Å². The second-order valence-corrected chi connectivity index (χ2v) is 10.2. The summed E-state index contributed by atoms with van der Waals surface area (Å²) in [6.07, 6.45) is 3.42. The highest BCUT2D eigenvalue weighted by atomic mass is 32.1. The molecule has 1 saturated heterocycles. The zero-order valence-corrected chi connectivity index (χ0v) is 19.5. The van der Waals surface area contributed by atoms with Crippen molar-refractivity contribution in [1.29, 1.82) is 0 Å². The maximum atomic E-state index is 13.5. The number of pyridine rings is 1. The number of thiazole rings is 1. The standard InChI is InChI=1S/C23H29N5O3S/c1-12-20(32-23(24-12)25-14(3)29)18-10-16-11-28(13(2)15-4-5-15)22(31)19(16)21(26-18)27-8-6-17(30)7-9-27/h10,13,15,17,30H,4-9,11H2,1-3H3,(H,24,25,29). The molecule has 32 heavy (non-hydrogen) atoms. The smallest absolute Gasteiger partial charge is 0.258 e. The fourth-order valence-electron chi connectivity index (χ4n) is 4.76. The minimum absolute atomic E-state index is 0.0690. The van der Waals surface area contributed by atoms with Gasteiger partial charge in [0.15, 0.2) is 5.13 Å². The Hall–Kier alpha value is -2.52. The van der Waals surface area contributed by atoms with E-state index in [1.165, 1.54) is 31.1 Å². The molecular weight excluding hydrogens is 426 g/mol. The fourth-order valence-corrected chi connectivity index (χ4v) is 5.74. The highest BCUT2D eigenvalue weighted by Crippen LogP contribution is 2.42. The van der Waals surface area contributed by atoms with Gasteiger partial charge in [-0.15, -0.1) is 0 Å². The molecule has 2 fully saturated rings. The number of hydrogen-bond acceptors (Lipinski definition) is 7. The summed E-state index contributed by atoms with van der Waals surface area (Å²) in [5.74, 6) is 1.22. The number of aliphatic hydroxyl groups is 1. The molecule has 2 N–H and O–H groups in total. The van der Waals surface area contributed by atoms with Gasteiger partial charge in [0, 0.05) is 32.6 Å². The Morgan fingerprint density at radius 1 is 1.25 bits per heavy atom. The van der Waals surface area contributed by atoms with E-state index in [0.717, 1.165) is 21.8 Å². The molecule has 0 spiro atoms. The number of nitrogens with one attached hydrogen (secondary N) is 1. The number of hydrogen-bond donors (Lipinski definition) is 2. The number of rotatable bonds is 5. The van der Waals surface area contributed by atoms with Crippen LogP contribution in [0.1, 0.15) is 61.1 Å². The quantitative estimate of drug-likeness (QED) is 0.719. The van der Waals surface area contributed by atoms with Crippen LogP contribution in [0, 0.1) is 12.8 Å². The number of piperidine rings is 1. The van der Waals surface area contributed by atoms with Crippen molar-refractivity contribution < 1.29 is 14.7 Å². The summed E-state index contributed by atoms with van der Waals surface area (Å²) in [7, 11) is 0. The number of anilines is 2. The Labute approximate surface area is 191 Å². The van der Waals surface area contributed by atoms with E-state index in [2.05, 4.69) is 22.1 Å². The normalized spacial score (nSPS) is 19.9. The van der Waals surface area contributed by atoms with Gasteiger partial charge < -0.3 is 20.2 Å². The Kier molecular flexibility index (Phi) is 5.41. The van der Waals surface area contributed by atoms with Gasteiger partial charge in [0.1, 0.15) is 5.82 Å². The number of aliphatic hydroxyl groups excluding tert-OH is 1. The van der Waals surface area contributed by atoms with Crippen LogP contribution in [-0.4, -0.2) is 57.0 Å². The largest absolute Gasteiger partial charge is 0.393 e. The van der Waals surface area contributed by atoms with Gasteiger partial charge in [-0.05, 0) is 57.1 Å². The summed E-state index contributed by atoms with van der Waals surface area (Å²) in [5.41, 5.74) is 3.30. The monoisotopic (exact) mass is 455 g/mol. The maximum absolute atomic E-state index is 13.5. The van der Waals surface area contributed by atoms with E-state index in [1.54, 1.807) is 0 Å². The molecule has 1 aliphatic carbocycles. The van der Waals surface area contributed by atoms with E-state index in [9.17, 15) is 14.7 Å². The molecular formula is C23H29N5O3S. The fraction of sp³-hybridized carbons (Fsp3) is 0.565. The number of carbonyl (C=O) groups excluding carboxylic acids is 2. The second kappa shape index (κ2) is 8.12. The minimum atomic E-state index is -0.298. The maximum Gasteiger partial charge on any atom is 0.258 e. The van der Waals surface area contributed by atoms with Gasteiger partial charge in [0.05, 0.1) is 27.9 Å². The van der Waals surface area contributed by atoms with Gasteiger partial charge in [-0.1, -0.05) is 11.3 Å². The average molecular weight is 456 g/mol. The summed E-state index contributed by atoms with van der Waals surface area (Å²) in [6.45, 7) is 7.48. The van der Waals surface area contributed by atoms with Crippen LogP contribution in [0.15, 0.2) is 6.07 Å². The molecule has 8 nitrogen and oxygen atoms in total. The lowest BCUT2D eigenvalue weighted by Crippen LogP contribution is -2.38. The molecule has 0 aromatic carbocycles. The Morgan fingerprint density at radius 3 is 2.62 bits per heavy atom. The van der Waals surface area contributed by atoms with Crippen LogP contribution >= 0.6 is 11.3 Å². The van der Waals surface area contributed by atoms with Crippen LogP contribution in [0.25, 0.3) is 10.6 Å². The summed E-state index contributed by atoms with van der Waals surface area (Å²) >= 11 is 1.40. The molecule has 1 unspecified atom stereocenters. The third-order valence-electron chi connectivity index (χ3n) is 6.77. The number of carbonyl (C=O) groups is 2. The van der Waals surface area contributed by atoms with E-state index in [0.29, 0.717) is 54.9 Å². The van der Waals surface area contributed by atoms with Crippen LogP contribution in [0.2, 0.25) is 0 Å². The Bertz CT molecular complexity index is 1070. The van der Waals surface area contributed by atoms with Crippen molar-refractivity contribution in [2.45, 2.75) is 65.1 Å². The lowest BCUT2D eigenvalue weighted by molar-refractivity contribution is -0.114. The van der Waals surface area contributed by atoms with Gasteiger partial charge in [0.2, 0.25) is 5.91 Å². The first-order valence-corrected chi connectivity index (χ1v) is 12.2. The number of aromatic nitrogens is 2. The number of amides is 2. The van der Waals surface area contributed by atoms with Crippen molar-refractivity contribution in [3.63, 3.8) is 0 Å². The molecule has 1 atom stereocenters. The molecule has 2 amide bonds. The lowest BCUT2D eigenvalue weighted by Gasteiger charge is -2.32. The predicted molar refractivity (Wildman–Crippen MR) is 124 cm³/mol. The van der Waals surface area contributed by atoms with Crippen LogP contribution in [-0.2, 0) is 11.3 Å². The van der Waals surface area contributed by atoms with E-state index in [-0.39, 0.29) is 24.0 Å². The number of nitrogens with zero attached hydrogens (tertiary/aromatic N) is 4. The zero-order chi connectivity index (χ0) is 22.6. The van der Waals surface area contributed by atoms with E-state index < -0.39 is 0 Å². The number of fused-ring (bicyclic) bond motifs is 1. The van der Waals surface area contributed by atoms with E-state index in [1.807, 2.05) is 17.9 Å². The van der Waals surface area contributed by atoms with Crippen molar-refractivity contribution in [1.82, 2.24) is 14.9 Å². The molecule has 170 valence electrons. The van der Waals surface area contributed by atoms with Gasteiger partial charge in [0.25, 0.3) is 5.91 Å². The van der Waals surface area contributed by atoms with Crippen LogP contribution in [0.3, 0.4) is 0 Å². The van der Waals surface area contributed by atoms with Gasteiger partial charge in [-0.25, -0.2) is 9.97 Å². The van der Waals surface area contributed by atoms with Gasteiger partial charge in [-0.3, -0.25) is 9.59 Å². The van der Waals surface area contributed by atoms with Gasteiger partial charge >= 0.3 is 0 Å². The average Bonchev–Trinajstić information content (AvgIpc) is 3.46. The highest BCUT2D eigenvalue weighted by molar-refractivity contribution is 7.19. The molecule has 2 aliphatic heterocycles. The third kappa shape index (κ3) is 3.88. The first kappa shape index (κ1) is 21.3. The van der Waals surface area contributed by atoms with Crippen LogP contribution in [0.4, 0.5) is 10.9 Å². The predicted octanol–water partition coefficient (Wildman–Crippen LogP) is 3.19. The van der Waals surface area contributed by atoms with Crippen molar-refractivity contribution in [3.8, 4) is 10.6 Å². The molecule has 0 bridgehead atoms. The molecule has 2 aromatic rings. The van der Waals surface area contributed by atoms with Crippen molar-refractivity contribution in [3.05, 3.63) is 22.9 Å². The Morgan fingerprint density at radius 2 is 1.97 bits per heavy atom. The van der Waals surface area contributed by atoms with Crippen molar-refractivity contribution in [2.75, 3.05) is 23.3 Å². The third-order valence-corrected chi connectivity index (χ3v) is 7.86. The highest BCUT2D eigenvalue weighted by Gasteiger charge is 2.41. The first-order valence-electron chi connectivity index (χ1n) is 11.3. The molecule has 3 aliphatic rings. The number of aryl methyl sites for hydroxylation is 1. The summed E-state index contributed by atoms with van der Waals surface area (Å²) in [6, 6.07) is 2.25. The SMILES string of the molecule is CC(=O)Nc1nc(C)c(-c2cc3c(c(N4CCC(O)CC4)n2)C(=O)N(C(C)C2CC2)C3)s1.